The highest BCUT2D eigenvalue weighted by Crippen LogP contribution is 2.11. The third kappa shape index (κ3) is 50.0. The molecule has 6 heteroatoms. The summed E-state index contributed by atoms with van der Waals surface area (Å²) in [5.41, 5.74) is 0. The van der Waals surface area contributed by atoms with Gasteiger partial charge in [0.05, 0.1) is 0 Å². The molecule has 0 saturated heterocycles. The van der Waals surface area contributed by atoms with Gasteiger partial charge in [0.2, 0.25) is 0 Å². The Morgan fingerprint density at radius 1 is 0.318 bits per heavy atom. The molecule has 66 heavy (non-hydrogen) atoms. The zero-order valence-corrected chi connectivity index (χ0v) is 41.6. The van der Waals surface area contributed by atoms with Crippen LogP contribution in [0.1, 0.15) is 181 Å². The predicted octanol–water partition coefficient (Wildman–Crippen LogP) is 17.0. The number of carbonyl (C=O) groups is 3. The number of hydrogen-bond donors (Lipinski definition) is 0. The predicted molar refractivity (Wildman–Crippen MR) is 283 cm³/mol. The fraction of sp³-hybridized carbons (Fsp3) is 0.517. The van der Waals surface area contributed by atoms with Crippen molar-refractivity contribution in [3.8, 4) is 0 Å². The van der Waals surface area contributed by atoms with E-state index in [4.69, 9.17) is 14.2 Å². The van der Waals surface area contributed by atoms with Gasteiger partial charge in [-0.2, -0.15) is 0 Å². The molecule has 366 valence electrons. The zero-order chi connectivity index (χ0) is 47.9. The molecule has 1 unspecified atom stereocenters. The van der Waals surface area contributed by atoms with E-state index in [0.717, 1.165) is 135 Å². The van der Waals surface area contributed by atoms with Gasteiger partial charge in [-0.15, -0.1) is 0 Å². The largest absolute Gasteiger partial charge is 0.462 e. The fourth-order valence-electron chi connectivity index (χ4n) is 6.15. The summed E-state index contributed by atoms with van der Waals surface area (Å²) in [6, 6.07) is 0. The van der Waals surface area contributed by atoms with Crippen LogP contribution in [0.25, 0.3) is 0 Å². The lowest BCUT2D eigenvalue weighted by Gasteiger charge is -2.18. The van der Waals surface area contributed by atoms with Crippen molar-refractivity contribution in [1.82, 2.24) is 0 Å². The highest BCUT2D eigenvalue weighted by atomic mass is 16.6. The third-order valence-corrected chi connectivity index (χ3v) is 9.89. The van der Waals surface area contributed by atoms with E-state index >= 15 is 0 Å². The fourth-order valence-corrected chi connectivity index (χ4v) is 6.15. The molecule has 0 saturated carbocycles. The van der Waals surface area contributed by atoms with E-state index in [1.165, 1.54) is 0 Å². The van der Waals surface area contributed by atoms with E-state index in [1.54, 1.807) is 0 Å². The minimum Gasteiger partial charge on any atom is -0.462 e. The van der Waals surface area contributed by atoms with Crippen molar-refractivity contribution in [2.24, 2.45) is 0 Å². The Hall–Kier alpha value is -4.97. The maximum Gasteiger partial charge on any atom is 0.306 e. The SMILES string of the molecule is CC\C=C/C=C\C=C/C=C\C=C/CCCCCC(=O)OC(COC(=O)CCCCC/C=C\C/C=C\C/C=C\C/C=C\C/C=C\CC)COC(=O)CCCCCC/C=C\C/C=C\C/C=C\CC. The molecule has 0 amide bonds. The number of ether oxygens (including phenoxy) is 3. The van der Waals surface area contributed by atoms with Crippen molar-refractivity contribution < 1.29 is 28.6 Å². The lowest BCUT2D eigenvalue weighted by Crippen LogP contribution is -2.30. The minimum atomic E-state index is -0.831. The molecule has 0 spiro atoms. The molecule has 1 atom stereocenters. The van der Waals surface area contributed by atoms with Crippen molar-refractivity contribution >= 4 is 17.9 Å². The molecule has 0 fully saturated rings. The van der Waals surface area contributed by atoms with Gasteiger partial charge in [0, 0.05) is 19.3 Å². The summed E-state index contributed by atoms with van der Waals surface area (Å²) >= 11 is 0. The molecule has 0 aliphatic carbocycles. The third-order valence-electron chi connectivity index (χ3n) is 9.89. The number of rotatable bonds is 43. The van der Waals surface area contributed by atoms with E-state index in [9.17, 15) is 14.4 Å². The van der Waals surface area contributed by atoms with Crippen LogP contribution in [0.4, 0.5) is 0 Å². The van der Waals surface area contributed by atoms with E-state index in [2.05, 4.69) is 130 Å². The summed E-state index contributed by atoms with van der Waals surface area (Å²) in [5, 5.41) is 0. The average Bonchev–Trinajstić information content (AvgIpc) is 3.31. The summed E-state index contributed by atoms with van der Waals surface area (Å²) in [5.74, 6) is -1.04. The smallest absolute Gasteiger partial charge is 0.306 e. The molecule has 0 radical (unpaired) electrons. The summed E-state index contributed by atoms with van der Waals surface area (Å²) in [7, 11) is 0. The number of esters is 3. The van der Waals surface area contributed by atoms with Gasteiger partial charge in [0.1, 0.15) is 13.2 Å². The minimum absolute atomic E-state index is 0.126. The molecular formula is C60H90O6. The van der Waals surface area contributed by atoms with Crippen LogP contribution in [0.15, 0.2) is 158 Å². The second-order valence-corrected chi connectivity index (χ2v) is 16.1. The van der Waals surface area contributed by atoms with Gasteiger partial charge in [0.15, 0.2) is 6.10 Å². The van der Waals surface area contributed by atoms with Crippen molar-refractivity contribution in [2.45, 2.75) is 187 Å². The van der Waals surface area contributed by atoms with E-state index in [-0.39, 0.29) is 37.5 Å². The van der Waals surface area contributed by atoms with Crippen LogP contribution in [-0.2, 0) is 28.6 Å². The second-order valence-electron chi connectivity index (χ2n) is 16.1. The first-order valence-electron chi connectivity index (χ1n) is 25.6. The number of unbranched alkanes of at least 4 members (excludes halogenated alkanes) is 10. The average molecular weight is 907 g/mol. The van der Waals surface area contributed by atoms with Gasteiger partial charge in [-0.3, -0.25) is 14.4 Å². The monoisotopic (exact) mass is 907 g/mol. The standard InChI is InChI=1S/C60H90O6/c1-4-7-10-13-16-19-22-25-28-29-30-31-33-35-38-41-44-47-50-53-59(62)65-56-57(55-64-58(61)52-49-46-43-40-37-34-27-24-21-18-15-12-9-6-3)66-60(63)54-51-48-45-42-39-36-32-26-23-20-17-14-11-8-5-2/h7-12,14,16-21,23,25-28,30-32,34-36,38-39,57H,4-6,13,15,22,24,29,33,37,40-56H2,1-3H3/b10-7-,11-8-,12-9-,17-14-,19-16-,21-18-,23-20-,28-25-,31-30-,32-26-,34-27-,38-35-,39-36-. The maximum absolute atomic E-state index is 12.8. The van der Waals surface area contributed by atoms with Gasteiger partial charge in [-0.05, 0) is 116 Å². The lowest BCUT2D eigenvalue weighted by atomic mass is 10.1. The maximum atomic E-state index is 12.8. The molecular weight excluding hydrogens is 817 g/mol. The summed E-state index contributed by atoms with van der Waals surface area (Å²) in [4.78, 5) is 38.0. The Bertz CT molecular complexity index is 1560. The molecule has 0 heterocycles. The van der Waals surface area contributed by atoms with Gasteiger partial charge in [-0.1, -0.05) is 204 Å². The van der Waals surface area contributed by atoms with Crippen LogP contribution in [0.2, 0.25) is 0 Å². The van der Waals surface area contributed by atoms with Crippen LogP contribution in [0.3, 0.4) is 0 Å². The van der Waals surface area contributed by atoms with Gasteiger partial charge in [0.25, 0.3) is 0 Å². The zero-order valence-electron chi connectivity index (χ0n) is 41.6. The number of carbonyl (C=O) groups excluding carboxylic acids is 3. The molecule has 0 aliphatic heterocycles. The van der Waals surface area contributed by atoms with Crippen LogP contribution in [-0.4, -0.2) is 37.2 Å². The van der Waals surface area contributed by atoms with E-state index in [0.29, 0.717) is 19.3 Å². The Morgan fingerprint density at radius 2 is 0.621 bits per heavy atom. The van der Waals surface area contributed by atoms with Crippen LogP contribution in [0.5, 0.6) is 0 Å². The number of hydrogen-bond acceptors (Lipinski definition) is 6. The molecule has 0 bridgehead atoms. The van der Waals surface area contributed by atoms with Crippen LogP contribution in [0, 0.1) is 0 Å². The van der Waals surface area contributed by atoms with Gasteiger partial charge < -0.3 is 14.2 Å². The highest BCUT2D eigenvalue weighted by Gasteiger charge is 2.19. The Kier molecular flexibility index (Phi) is 48.7. The van der Waals surface area contributed by atoms with Crippen molar-refractivity contribution in [2.75, 3.05) is 13.2 Å². The summed E-state index contributed by atoms with van der Waals surface area (Å²) < 4.78 is 16.7. The first-order valence-corrected chi connectivity index (χ1v) is 25.6. The Morgan fingerprint density at radius 3 is 1.03 bits per heavy atom. The second kappa shape index (κ2) is 52.7. The van der Waals surface area contributed by atoms with Crippen LogP contribution < -0.4 is 0 Å². The van der Waals surface area contributed by atoms with Crippen molar-refractivity contribution in [3.63, 3.8) is 0 Å². The summed E-state index contributed by atoms with van der Waals surface area (Å²) in [6.07, 6.45) is 76.5. The topological polar surface area (TPSA) is 78.9 Å². The quantitative estimate of drug-likeness (QED) is 0.0199. The van der Waals surface area contributed by atoms with Crippen molar-refractivity contribution in [1.29, 1.82) is 0 Å². The normalized spacial score (nSPS) is 13.4. The van der Waals surface area contributed by atoms with Crippen molar-refractivity contribution in [3.05, 3.63) is 158 Å². The molecule has 6 nitrogen and oxygen atoms in total. The summed E-state index contributed by atoms with van der Waals surface area (Å²) in [6.45, 7) is 6.15. The highest BCUT2D eigenvalue weighted by molar-refractivity contribution is 5.71. The Balaban J connectivity index is 4.59. The molecule has 0 N–H and O–H groups in total. The molecule has 0 aromatic carbocycles. The molecule has 0 aliphatic rings. The van der Waals surface area contributed by atoms with E-state index in [1.807, 2.05) is 48.6 Å². The van der Waals surface area contributed by atoms with Crippen LogP contribution >= 0.6 is 0 Å². The van der Waals surface area contributed by atoms with Gasteiger partial charge >= 0.3 is 17.9 Å². The Labute approximate surface area is 403 Å². The molecule has 0 rings (SSSR count). The lowest BCUT2D eigenvalue weighted by molar-refractivity contribution is -0.167. The molecule has 0 aromatic rings. The first kappa shape index (κ1) is 61.0. The number of allylic oxidation sites excluding steroid dienone is 26. The first-order chi connectivity index (χ1) is 32.5. The molecule has 0 aromatic heterocycles. The van der Waals surface area contributed by atoms with E-state index < -0.39 is 6.10 Å². The van der Waals surface area contributed by atoms with Gasteiger partial charge in [-0.25, -0.2) is 0 Å².